The van der Waals surface area contributed by atoms with Gasteiger partial charge in [-0.15, -0.1) is 0 Å². The van der Waals surface area contributed by atoms with E-state index in [1.165, 1.54) is 30.4 Å². The van der Waals surface area contributed by atoms with Gasteiger partial charge in [-0.25, -0.2) is 0 Å². The maximum Gasteiger partial charge on any atom is 0.122 e. The average molecular weight is 219 g/mol. The molecule has 2 heteroatoms. The summed E-state index contributed by atoms with van der Waals surface area (Å²) in [6.45, 7) is 3.04. The van der Waals surface area contributed by atoms with E-state index in [2.05, 4.69) is 25.1 Å². The van der Waals surface area contributed by atoms with Crippen LogP contribution >= 0.6 is 0 Å². The molecule has 0 aliphatic carbocycles. The zero-order chi connectivity index (χ0) is 11.4. The van der Waals surface area contributed by atoms with E-state index < -0.39 is 0 Å². The molecule has 0 amide bonds. The molecule has 16 heavy (non-hydrogen) atoms. The highest BCUT2D eigenvalue weighted by atomic mass is 16.5. The van der Waals surface area contributed by atoms with Gasteiger partial charge in [0.1, 0.15) is 5.75 Å². The van der Waals surface area contributed by atoms with E-state index in [9.17, 15) is 0 Å². The maximum atomic E-state index is 6.19. The van der Waals surface area contributed by atoms with Crippen molar-refractivity contribution >= 4 is 0 Å². The Morgan fingerprint density at radius 1 is 1.38 bits per heavy atom. The van der Waals surface area contributed by atoms with Crippen molar-refractivity contribution in [1.82, 2.24) is 0 Å². The van der Waals surface area contributed by atoms with Crippen molar-refractivity contribution in [3.63, 3.8) is 0 Å². The van der Waals surface area contributed by atoms with Crippen LogP contribution in [-0.4, -0.2) is 6.61 Å². The number of hydrogen-bond acceptors (Lipinski definition) is 2. The Morgan fingerprint density at radius 2 is 2.25 bits per heavy atom. The van der Waals surface area contributed by atoms with Gasteiger partial charge >= 0.3 is 0 Å². The zero-order valence-corrected chi connectivity index (χ0v) is 10.0. The van der Waals surface area contributed by atoms with E-state index in [1.807, 2.05) is 0 Å². The van der Waals surface area contributed by atoms with Gasteiger partial charge in [0.2, 0.25) is 0 Å². The molecule has 2 N–H and O–H groups in total. The molecular weight excluding hydrogens is 198 g/mol. The lowest BCUT2D eigenvalue weighted by Crippen LogP contribution is -2.10. The number of nitrogens with two attached hydrogens (primary N) is 1. The van der Waals surface area contributed by atoms with E-state index >= 15 is 0 Å². The highest BCUT2D eigenvalue weighted by Crippen LogP contribution is 2.28. The van der Waals surface area contributed by atoms with E-state index in [4.69, 9.17) is 10.5 Å². The smallest absolute Gasteiger partial charge is 0.122 e. The number of benzene rings is 1. The van der Waals surface area contributed by atoms with E-state index in [-0.39, 0.29) is 6.04 Å². The predicted octanol–water partition coefficient (Wildman–Crippen LogP) is 3.20. The van der Waals surface area contributed by atoms with E-state index in [0.717, 1.165) is 25.2 Å². The van der Waals surface area contributed by atoms with Gasteiger partial charge in [0.05, 0.1) is 6.61 Å². The quantitative estimate of drug-likeness (QED) is 0.772. The third-order valence-corrected chi connectivity index (χ3v) is 3.26. The largest absolute Gasteiger partial charge is 0.493 e. The zero-order valence-electron chi connectivity index (χ0n) is 10.0. The summed E-state index contributed by atoms with van der Waals surface area (Å²) in [5.41, 5.74) is 8.78. The second-order valence-electron chi connectivity index (χ2n) is 4.57. The van der Waals surface area contributed by atoms with Crippen molar-refractivity contribution < 1.29 is 4.74 Å². The summed E-state index contributed by atoms with van der Waals surface area (Å²) in [6.07, 6.45) is 5.89. The van der Waals surface area contributed by atoms with Crippen molar-refractivity contribution in [1.29, 1.82) is 0 Å². The van der Waals surface area contributed by atoms with Gasteiger partial charge in [0.25, 0.3) is 0 Å². The number of hydrogen-bond donors (Lipinski definition) is 1. The topological polar surface area (TPSA) is 35.2 Å². The summed E-state index contributed by atoms with van der Waals surface area (Å²) in [7, 11) is 0. The fraction of sp³-hybridized carbons (Fsp3) is 0.571. The van der Waals surface area contributed by atoms with Crippen molar-refractivity contribution in [2.24, 2.45) is 5.73 Å². The Morgan fingerprint density at radius 3 is 3.06 bits per heavy atom. The minimum absolute atomic E-state index is 0.192. The second-order valence-corrected chi connectivity index (χ2v) is 4.57. The van der Waals surface area contributed by atoms with Crippen molar-refractivity contribution in [2.75, 3.05) is 6.61 Å². The Bertz CT molecular complexity index is 349. The lowest BCUT2D eigenvalue weighted by atomic mass is 9.99. The first kappa shape index (κ1) is 11.5. The molecule has 1 heterocycles. The van der Waals surface area contributed by atoms with Crippen molar-refractivity contribution in [3.05, 3.63) is 29.3 Å². The summed E-state index contributed by atoms with van der Waals surface area (Å²) in [5.74, 6) is 1.05. The molecule has 88 valence electrons. The third kappa shape index (κ3) is 2.56. The Labute approximate surface area is 97.8 Å². The summed E-state index contributed by atoms with van der Waals surface area (Å²) in [4.78, 5) is 0. The van der Waals surface area contributed by atoms with Gasteiger partial charge in [0, 0.05) is 12.5 Å². The molecular formula is C14H21NO. The predicted molar refractivity (Wildman–Crippen MR) is 66.7 cm³/mol. The van der Waals surface area contributed by atoms with Crippen LogP contribution in [0.15, 0.2) is 18.2 Å². The van der Waals surface area contributed by atoms with Gasteiger partial charge < -0.3 is 10.5 Å². The molecule has 0 fully saturated rings. The fourth-order valence-electron chi connectivity index (χ4n) is 2.22. The van der Waals surface area contributed by atoms with Crippen LogP contribution < -0.4 is 10.5 Å². The molecule has 0 saturated heterocycles. The molecule has 1 aromatic rings. The maximum absolute atomic E-state index is 6.19. The molecule has 1 atom stereocenters. The van der Waals surface area contributed by atoms with E-state index in [1.54, 1.807) is 0 Å². The standard InChI is InChI=1S/C14H21NO/c1-2-3-4-5-13(15)11-6-7-14-12(10-11)8-9-16-14/h6-7,10,13H,2-5,8-9,15H2,1H3. The van der Waals surface area contributed by atoms with Crippen LogP contribution in [0.5, 0.6) is 5.75 Å². The first-order valence-electron chi connectivity index (χ1n) is 6.32. The molecule has 0 aromatic heterocycles. The first-order chi connectivity index (χ1) is 7.81. The molecule has 1 aliphatic heterocycles. The molecule has 2 rings (SSSR count). The Hall–Kier alpha value is -1.02. The van der Waals surface area contributed by atoms with Crippen LogP contribution in [-0.2, 0) is 6.42 Å². The SMILES string of the molecule is CCCCCC(N)c1ccc2c(c1)CCO2. The highest BCUT2D eigenvalue weighted by Gasteiger charge is 2.14. The lowest BCUT2D eigenvalue weighted by molar-refractivity contribution is 0.357. The number of ether oxygens (including phenoxy) is 1. The summed E-state index contributed by atoms with van der Waals surface area (Å²) < 4.78 is 5.49. The van der Waals surface area contributed by atoms with Crippen LogP contribution in [0.1, 0.15) is 49.8 Å². The number of unbranched alkanes of at least 4 members (excludes halogenated alkanes) is 2. The van der Waals surface area contributed by atoms with Gasteiger partial charge in [-0.3, -0.25) is 0 Å². The Kier molecular flexibility index (Phi) is 3.83. The van der Waals surface area contributed by atoms with Gasteiger partial charge in [-0.1, -0.05) is 38.3 Å². The van der Waals surface area contributed by atoms with Crippen molar-refractivity contribution in [3.8, 4) is 5.75 Å². The molecule has 1 aliphatic rings. The summed E-state index contributed by atoms with van der Waals surface area (Å²) >= 11 is 0. The third-order valence-electron chi connectivity index (χ3n) is 3.26. The molecule has 0 bridgehead atoms. The van der Waals surface area contributed by atoms with Crippen molar-refractivity contribution in [2.45, 2.75) is 45.1 Å². The summed E-state index contributed by atoms with van der Waals surface area (Å²) in [6, 6.07) is 6.59. The summed E-state index contributed by atoms with van der Waals surface area (Å²) in [5, 5.41) is 0. The van der Waals surface area contributed by atoms with Gasteiger partial charge in [-0.2, -0.15) is 0 Å². The average Bonchev–Trinajstić information content (AvgIpc) is 2.76. The first-order valence-corrected chi connectivity index (χ1v) is 6.32. The van der Waals surface area contributed by atoms with Crippen LogP contribution in [0, 0.1) is 0 Å². The molecule has 1 unspecified atom stereocenters. The monoisotopic (exact) mass is 219 g/mol. The lowest BCUT2D eigenvalue weighted by Gasteiger charge is -2.12. The Balaban J connectivity index is 1.98. The fourth-order valence-corrected chi connectivity index (χ4v) is 2.22. The molecule has 0 spiro atoms. The second kappa shape index (κ2) is 5.35. The molecule has 0 radical (unpaired) electrons. The van der Waals surface area contributed by atoms with Crippen LogP contribution in [0.4, 0.5) is 0 Å². The van der Waals surface area contributed by atoms with Gasteiger partial charge in [-0.05, 0) is 23.6 Å². The van der Waals surface area contributed by atoms with Gasteiger partial charge in [0.15, 0.2) is 0 Å². The van der Waals surface area contributed by atoms with Crippen LogP contribution in [0.3, 0.4) is 0 Å². The van der Waals surface area contributed by atoms with Crippen LogP contribution in [0.2, 0.25) is 0 Å². The molecule has 2 nitrogen and oxygen atoms in total. The van der Waals surface area contributed by atoms with E-state index in [0.29, 0.717) is 0 Å². The minimum atomic E-state index is 0.192. The minimum Gasteiger partial charge on any atom is -0.493 e. The molecule has 0 saturated carbocycles. The molecule has 1 aromatic carbocycles. The number of rotatable bonds is 5. The normalized spacial score (nSPS) is 15.6. The highest BCUT2D eigenvalue weighted by molar-refractivity contribution is 5.40. The van der Waals surface area contributed by atoms with Crippen LogP contribution in [0.25, 0.3) is 0 Å². The number of fused-ring (bicyclic) bond motifs is 1.